The van der Waals surface area contributed by atoms with Gasteiger partial charge in [-0.2, -0.15) is 0 Å². The number of ether oxygens (including phenoxy) is 1. The number of amides is 2. The van der Waals surface area contributed by atoms with Crippen LogP contribution in [0.5, 0.6) is 0 Å². The van der Waals surface area contributed by atoms with Gasteiger partial charge in [0.15, 0.2) is 0 Å². The lowest BCUT2D eigenvalue weighted by Crippen LogP contribution is -2.44. The molecule has 1 aliphatic heterocycles. The number of carbonyl (C=O) groups is 3. The van der Waals surface area contributed by atoms with E-state index in [4.69, 9.17) is 4.74 Å². The first-order valence-electron chi connectivity index (χ1n) is 10.2. The Bertz CT molecular complexity index is 896. The van der Waals surface area contributed by atoms with Crippen molar-refractivity contribution in [3.63, 3.8) is 0 Å². The van der Waals surface area contributed by atoms with Gasteiger partial charge in [-0.1, -0.05) is 13.8 Å². The zero-order valence-corrected chi connectivity index (χ0v) is 18.0. The maximum Gasteiger partial charge on any atom is 0.308 e. The zero-order chi connectivity index (χ0) is 22.4. The Morgan fingerprint density at radius 2 is 1.93 bits per heavy atom. The van der Waals surface area contributed by atoms with E-state index in [1.165, 1.54) is 7.11 Å². The molecule has 2 aliphatic rings. The number of benzene rings is 1. The van der Waals surface area contributed by atoms with Crippen molar-refractivity contribution in [1.82, 2.24) is 5.32 Å². The summed E-state index contributed by atoms with van der Waals surface area (Å²) in [7, 11) is 1.30. The van der Waals surface area contributed by atoms with E-state index in [-0.39, 0.29) is 35.6 Å². The molecule has 1 heterocycles. The lowest BCUT2D eigenvalue weighted by atomic mass is 9.84. The van der Waals surface area contributed by atoms with Gasteiger partial charge in [0.25, 0.3) is 0 Å². The van der Waals surface area contributed by atoms with E-state index in [0.717, 1.165) is 23.8 Å². The molecule has 6 nitrogen and oxygen atoms in total. The largest absolute Gasteiger partial charge is 0.469 e. The van der Waals surface area contributed by atoms with Crippen LogP contribution in [0.3, 0.4) is 0 Å². The van der Waals surface area contributed by atoms with Crippen LogP contribution in [0.2, 0.25) is 0 Å². The first kappa shape index (κ1) is 22.2. The number of anilines is 1. The quantitative estimate of drug-likeness (QED) is 0.686. The van der Waals surface area contributed by atoms with Gasteiger partial charge in [-0.3, -0.25) is 19.3 Å². The molecule has 30 heavy (non-hydrogen) atoms. The molecule has 2 atom stereocenters. The molecule has 0 radical (unpaired) electrons. The monoisotopic (exact) mass is 422 g/mol. The highest BCUT2D eigenvalue weighted by molar-refractivity contribution is 6.10. The molecular weight excluding hydrogens is 394 g/mol. The van der Waals surface area contributed by atoms with Crippen molar-refractivity contribution in [2.45, 2.75) is 51.9 Å². The molecule has 0 spiro atoms. The van der Waals surface area contributed by atoms with Crippen molar-refractivity contribution in [2.24, 2.45) is 11.8 Å². The minimum Gasteiger partial charge on any atom is -0.469 e. The minimum absolute atomic E-state index is 0.00802. The molecule has 1 fully saturated rings. The van der Waals surface area contributed by atoms with Crippen molar-refractivity contribution < 1.29 is 27.9 Å². The average Bonchev–Trinajstić information content (AvgIpc) is 3.51. The number of nitrogens with one attached hydrogen (secondary N) is 1. The molecule has 1 aromatic rings. The van der Waals surface area contributed by atoms with E-state index >= 15 is 4.39 Å². The first-order valence-corrected chi connectivity index (χ1v) is 10.2. The van der Waals surface area contributed by atoms with Gasteiger partial charge >= 0.3 is 5.97 Å². The third-order valence-corrected chi connectivity index (χ3v) is 6.26. The van der Waals surface area contributed by atoms with Crippen molar-refractivity contribution >= 4 is 23.5 Å². The molecule has 164 valence electrons. The van der Waals surface area contributed by atoms with E-state index in [2.05, 4.69) is 5.32 Å². The van der Waals surface area contributed by atoms with E-state index in [9.17, 15) is 18.8 Å². The number of fused-ring (bicyclic) bond motifs is 1. The van der Waals surface area contributed by atoms with Crippen LogP contribution in [0.15, 0.2) is 6.07 Å². The topological polar surface area (TPSA) is 75.7 Å². The summed E-state index contributed by atoms with van der Waals surface area (Å²) in [6.45, 7) is 6.34. The van der Waals surface area contributed by atoms with Gasteiger partial charge in [0.2, 0.25) is 11.8 Å². The molecule has 8 heteroatoms. The van der Waals surface area contributed by atoms with Crippen LogP contribution in [-0.4, -0.2) is 38.0 Å². The third-order valence-electron chi connectivity index (χ3n) is 6.26. The predicted octanol–water partition coefficient (Wildman–Crippen LogP) is 3.03. The van der Waals surface area contributed by atoms with Crippen LogP contribution in [0.25, 0.3) is 0 Å². The van der Waals surface area contributed by atoms with Crippen LogP contribution < -0.4 is 10.2 Å². The van der Waals surface area contributed by atoms with Crippen LogP contribution in [0, 0.1) is 23.5 Å². The number of rotatable bonds is 7. The normalized spacial score (nSPS) is 19.3. The van der Waals surface area contributed by atoms with Gasteiger partial charge < -0.3 is 10.1 Å². The van der Waals surface area contributed by atoms with Crippen LogP contribution >= 0.6 is 0 Å². The van der Waals surface area contributed by atoms with Crippen LogP contribution in [-0.2, 0) is 24.5 Å². The van der Waals surface area contributed by atoms with Crippen molar-refractivity contribution in [3.8, 4) is 0 Å². The highest BCUT2D eigenvalue weighted by Gasteiger charge is 2.49. The van der Waals surface area contributed by atoms with Crippen LogP contribution in [0.1, 0.15) is 57.6 Å². The number of carbonyl (C=O) groups excluding carboxylic acids is 3. The molecule has 0 saturated heterocycles. The Balaban J connectivity index is 1.78. The van der Waals surface area contributed by atoms with E-state index in [0.29, 0.717) is 5.56 Å². The highest BCUT2D eigenvalue weighted by Crippen LogP contribution is 2.50. The Morgan fingerprint density at radius 1 is 1.30 bits per heavy atom. The maximum absolute atomic E-state index is 15.2. The lowest BCUT2D eigenvalue weighted by Gasteiger charge is -2.22. The highest BCUT2D eigenvalue weighted by atomic mass is 19.1. The van der Waals surface area contributed by atoms with E-state index in [1.807, 2.05) is 0 Å². The molecule has 1 aromatic carbocycles. The molecule has 0 bridgehead atoms. The molecule has 2 amide bonds. The molecule has 1 N–H and O–H groups in total. The number of esters is 1. The Morgan fingerprint density at radius 3 is 2.50 bits per heavy atom. The second-order valence-corrected chi connectivity index (χ2v) is 8.87. The molecule has 1 saturated carbocycles. The first-order chi connectivity index (χ1) is 14.0. The second-order valence-electron chi connectivity index (χ2n) is 8.87. The molecular formula is C22H28F2N2O4. The lowest BCUT2D eigenvalue weighted by molar-refractivity contribution is -0.146. The SMILES string of the molecule is COC(=O)[C@@H](C)[C@H](C)CNC(=O)CN1C(=O)C(C)(C)c2c(F)c(C3CC3)cc(F)c21. The van der Waals surface area contributed by atoms with Gasteiger partial charge in [0.05, 0.1) is 24.1 Å². The number of hydrogen-bond acceptors (Lipinski definition) is 4. The number of methoxy groups -OCH3 is 1. The fourth-order valence-corrected chi connectivity index (χ4v) is 3.93. The van der Waals surface area contributed by atoms with Gasteiger partial charge in [-0.25, -0.2) is 8.78 Å². The smallest absolute Gasteiger partial charge is 0.308 e. The van der Waals surface area contributed by atoms with E-state index in [1.54, 1.807) is 27.7 Å². The molecule has 0 unspecified atom stereocenters. The summed E-state index contributed by atoms with van der Waals surface area (Å²) < 4.78 is 34.8. The zero-order valence-electron chi connectivity index (χ0n) is 18.0. The summed E-state index contributed by atoms with van der Waals surface area (Å²) in [6.07, 6.45) is 1.61. The minimum atomic E-state index is -1.27. The van der Waals surface area contributed by atoms with Gasteiger partial charge in [0.1, 0.15) is 18.2 Å². The summed E-state index contributed by atoms with van der Waals surface area (Å²) in [6, 6.07) is 1.16. The standard InChI is InChI=1S/C22H28F2N2O4/c1-11(12(2)20(28)30-5)9-25-16(27)10-26-19-15(23)8-14(13-6-7-13)18(24)17(19)22(3,4)21(26)29/h8,11-13H,6-7,9-10H2,1-5H3,(H,25,27)/t11-,12+/m1/s1. The number of nitrogens with zero attached hydrogens (tertiary/aromatic N) is 1. The molecule has 1 aliphatic carbocycles. The fourth-order valence-electron chi connectivity index (χ4n) is 3.93. The molecule has 3 rings (SSSR count). The van der Waals surface area contributed by atoms with Crippen molar-refractivity contribution in [3.05, 3.63) is 28.8 Å². The summed E-state index contributed by atoms with van der Waals surface area (Å²) >= 11 is 0. The number of hydrogen-bond donors (Lipinski definition) is 1. The van der Waals surface area contributed by atoms with E-state index < -0.39 is 41.3 Å². The van der Waals surface area contributed by atoms with Crippen molar-refractivity contribution in [1.29, 1.82) is 0 Å². The summed E-state index contributed by atoms with van der Waals surface area (Å²) in [5, 5.41) is 2.66. The Hall–Kier alpha value is -2.51. The Kier molecular flexibility index (Phi) is 5.89. The van der Waals surface area contributed by atoms with Crippen molar-refractivity contribution in [2.75, 3.05) is 25.1 Å². The van der Waals surface area contributed by atoms with Crippen LogP contribution in [0.4, 0.5) is 14.5 Å². The average molecular weight is 422 g/mol. The fraction of sp³-hybridized carbons (Fsp3) is 0.591. The maximum atomic E-state index is 15.2. The van der Waals surface area contributed by atoms with Gasteiger partial charge in [0, 0.05) is 12.1 Å². The summed E-state index contributed by atoms with van der Waals surface area (Å²) in [5.74, 6) is -3.28. The Labute approximate surface area is 174 Å². The molecule has 0 aromatic heterocycles. The second kappa shape index (κ2) is 7.96. The number of halogens is 2. The van der Waals surface area contributed by atoms with Gasteiger partial charge in [-0.15, -0.1) is 0 Å². The summed E-state index contributed by atoms with van der Waals surface area (Å²) in [5.41, 5.74) is -1.09. The third kappa shape index (κ3) is 3.79. The van der Waals surface area contributed by atoms with Gasteiger partial charge in [-0.05, 0) is 50.2 Å². The summed E-state index contributed by atoms with van der Waals surface area (Å²) in [4.78, 5) is 38.1. The predicted molar refractivity (Wildman–Crippen MR) is 107 cm³/mol.